The number of rotatable bonds is 6. The van der Waals surface area contributed by atoms with E-state index in [1.165, 1.54) is 41.8 Å². The topological polar surface area (TPSA) is 138 Å². The molecule has 0 saturated heterocycles. The van der Waals surface area contributed by atoms with Gasteiger partial charge in [0.25, 0.3) is 10.0 Å². The second-order valence-electron chi connectivity index (χ2n) is 6.91. The van der Waals surface area contributed by atoms with Gasteiger partial charge in [-0.2, -0.15) is 5.26 Å². The number of aromatic nitrogens is 1. The van der Waals surface area contributed by atoms with Crippen molar-refractivity contribution in [3.8, 4) is 17.3 Å². The zero-order chi connectivity index (χ0) is 23.4. The largest absolute Gasteiger partial charge is 0.360 e. The number of anilines is 1. The van der Waals surface area contributed by atoms with E-state index in [1.54, 1.807) is 4.72 Å². The summed E-state index contributed by atoms with van der Waals surface area (Å²) in [7, 11) is -4.02. The fourth-order valence-electron chi connectivity index (χ4n) is 3.10. The number of carbonyl (C=O) groups excluding carboxylic acids is 1. The standard InChI is InChI=1S/C23H17N5O3S2/c24-12-18(13-26-19-7-9-20(10-8-19)33(30,31)28-23(25)29)22-27-21(14-32-22)17-6-5-15-3-1-2-4-16(15)11-17/h1-11,13-14,26H,(H3,25,28,29). The van der Waals surface area contributed by atoms with E-state index in [0.717, 1.165) is 22.0 Å². The molecule has 33 heavy (non-hydrogen) atoms. The number of nitrogens with two attached hydrogens (primary N) is 1. The van der Waals surface area contributed by atoms with Crippen molar-refractivity contribution >= 4 is 49.4 Å². The van der Waals surface area contributed by atoms with Crippen LogP contribution in [0.5, 0.6) is 0 Å². The Morgan fingerprint density at radius 3 is 2.48 bits per heavy atom. The minimum atomic E-state index is -4.02. The third-order valence-electron chi connectivity index (χ3n) is 4.68. The fourth-order valence-corrected chi connectivity index (χ4v) is 4.77. The van der Waals surface area contributed by atoms with Crippen molar-refractivity contribution in [2.24, 2.45) is 5.73 Å². The Bertz CT molecular complexity index is 1520. The van der Waals surface area contributed by atoms with Crippen molar-refractivity contribution in [3.05, 3.63) is 83.3 Å². The number of hydrogen-bond donors (Lipinski definition) is 3. The predicted octanol–water partition coefficient (Wildman–Crippen LogP) is 4.30. The lowest BCUT2D eigenvalue weighted by atomic mass is 10.1. The van der Waals surface area contributed by atoms with E-state index < -0.39 is 16.1 Å². The fraction of sp³-hybridized carbons (Fsp3) is 0. The summed E-state index contributed by atoms with van der Waals surface area (Å²) in [5.41, 5.74) is 7.49. The molecule has 0 aliphatic rings. The first kappa shape index (κ1) is 22.0. The third-order valence-corrected chi connectivity index (χ3v) is 6.92. The molecule has 0 fully saturated rings. The molecule has 3 aromatic carbocycles. The van der Waals surface area contributed by atoms with Gasteiger partial charge in [-0.3, -0.25) is 0 Å². The highest BCUT2D eigenvalue weighted by atomic mass is 32.2. The second-order valence-corrected chi connectivity index (χ2v) is 9.45. The van der Waals surface area contributed by atoms with Gasteiger partial charge in [-0.15, -0.1) is 11.3 Å². The van der Waals surface area contributed by atoms with Crippen LogP contribution in [0.1, 0.15) is 5.01 Å². The SMILES string of the molecule is N#CC(=CNc1ccc(S(=O)(=O)NC(N)=O)cc1)c1nc(-c2ccc3ccccc3c2)cs1. The summed E-state index contributed by atoms with van der Waals surface area (Å²) in [6.45, 7) is 0. The van der Waals surface area contributed by atoms with Crippen LogP contribution in [0.4, 0.5) is 10.5 Å². The maximum absolute atomic E-state index is 11.9. The highest BCUT2D eigenvalue weighted by molar-refractivity contribution is 7.90. The molecule has 0 bridgehead atoms. The molecule has 164 valence electrons. The minimum Gasteiger partial charge on any atom is -0.360 e. The van der Waals surface area contributed by atoms with E-state index in [4.69, 9.17) is 5.73 Å². The average molecular weight is 476 g/mol. The molecule has 1 aromatic heterocycles. The molecule has 0 radical (unpaired) electrons. The van der Waals surface area contributed by atoms with E-state index in [-0.39, 0.29) is 4.90 Å². The van der Waals surface area contributed by atoms with Crippen LogP contribution in [0, 0.1) is 11.3 Å². The van der Waals surface area contributed by atoms with Crippen LogP contribution in [-0.4, -0.2) is 19.4 Å². The van der Waals surface area contributed by atoms with Crippen LogP contribution in [0.3, 0.4) is 0 Å². The number of nitrogens with one attached hydrogen (secondary N) is 2. The number of urea groups is 1. The van der Waals surface area contributed by atoms with Gasteiger partial charge in [0.1, 0.15) is 16.6 Å². The number of nitriles is 1. The Hall–Kier alpha value is -4.20. The number of allylic oxidation sites excluding steroid dienone is 1. The predicted molar refractivity (Wildman–Crippen MR) is 129 cm³/mol. The molecule has 1 heterocycles. The van der Waals surface area contributed by atoms with Crippen LogP contribution in [-0.2, 0) is 10.0 Å². The van der Waals surface area contributed by atoms with E-state index in [1.807, 2.05) is 41.8 Å². The zero-order valence-electron chi connectivity index (χ0n) is 17.0. The van der Waals surface area contributed by atoms with Gasteiger partial charge in [-0.25, -0.2) is 22.9 Å². The van der Waals surface area contributed by atoms with Gasteiger partial charge >= 0.3 is 6.03 Å². The molecule has 0 saturated carbocycles. The quantitative estimate of drug-likeness (QED) is 0.356. The smallest absolute Gasteiger partial charge is 0.326 e. The number of primary amides is 1. The van der Waals surface area contributed by atoms with Crippen molar-refractivity contribution in [3.63, 3.8) is 0 Å². The van der Waals surface area contributed by atoms with Crippen LogP contribution >= 0.6 is 11.3 Å². The summed E-state index contributed by atoms with van der Waals surface area (Å²) in [4.78, 5) is 15.3. The molecule has 8 nitrogen and oxygen atoms in total. The maximum atomic E-state index is 11.9. The molecular weight excluding hydrogens is 458 g/mol. The summed E-state index contributed by atoms with van der Waals surface area (Å²) in [6, 6.07) is 20.8. The monoisotopic (exact) mass is 475 g/mol. The number of thiazole rings is 1. The first-order chi connectivity index (χ1) is 15.9. The first-order valence-corrected chi connectivity index (χ1v) is 12.0. The lowest BCUT2D eigenvalue weighted by molar-refractivity contribution is 0.253. The van der Waals surface area contributed by atoms with Crippen LogP contribution in [0.2, 0.25) is 0 Å². The Morgan fingerprint density at radius 1 is 1.06 bits per heavy atom. The molecule has 2 amide bonds. The maximum Gasteiger partial charge on any atom is 0.326 e. The molecular formula is C23H17N5O3S2. The Labute approximate surface area is 194 Å². The number of nitrogens with zero attached hydrogens (tertiary/aromatic N) is 2. The molecule has 10 heteroatoms. The zero-order valence-corrected chi connectivity index (χ0v) is 18.7. The van der Waals surface area contributed by atoms with E-state index >= 15 is 0 Å². The van der Waals surface area contributed by atoms with Gasteiger partial charge in [0.15, 0.2) is 0 Å². The van der Waals surface area contributed by atoms with E-state index in [2.05, 4.69) is 22.4 Å². The number of sulfonamides is 1. The Balaban J connectivity index is 1.52. The molecule has 4 aromatic rings. The summed E-state index contributed by atoms with van der Waals surface area (Å²) in [5.74, 6) is 0. The van der Waals surface area contributed by atoms with Gasteiger partial charge in [0, 0.05) is 22.8 Å². The van der Waals surface area contributed by atoms with Crippen molar-refractivity contribution in [2.45, 2.75) is 4.90 Å². The highest BCUT2D eigenvalue weighted by Crippen LogP contribution is 2.28. The Kier molecular flexibility index (Phi) is 6.08. The lowest BCUT2D eigenvalue weighted by Crippen LogP contribution is -2.34. The summed E-state index contributed by atoms with van der Waals surface area (Å²) in [6.07, 6.45) is 1.51. The van der Waals surface area contributed by atoms with Gasteiger partial charge in [0.05, 0.1) is 10.6 Å². The normalized spacial score (nSPS) is 11.7. The molecule has 4 N–H and O–H groups in total. The van der Waals surface area contributed by atoms with Gasteiger partial charge < -0.3 is 11.1 Å². The lowest BCUT2D eigenvalue weighted by Gasteiger charge is -2.06. The van der Waals surface area contributed by atoms with E-state index in [0.29, 0.717) is 16.3 Å². The van der Waals surface area contributed by atoms with Crippen molar-refractivity contribution in [2.75, 3.05) is 5.32 Å². The van der Waals surface area contributed by atoms with Gasteiger partial charge in [0.2, 0.25) is 0 Å². The average Bonchev–Trinajstić information content (AvgIpc) is 3.29. The van der Waals surface area contributed by atoms with E-state index in [9.17, 15) is 18.5 Å². The molecule has 0 spiro atoms. The number of fused-ring (bicyclic) bond motifs is 1. The summed E-state index contributed by atoms with van der Waals surface area (Å²) >= 11 is 1.36. The number of carbonyl (C=O) groups is 1. The van der Waals surface area contributed by atoms with Gasteiger partial charge in [-0.05, 0) is 41.1 Å². The molecule has 0 aliphatic carbocycles. The summed E-state index contributed by atoms with van der Waals surface area (Å²) < 4.78 is 25.6. The van der Waals surface area contributed by atoms with Crippen LogP contribution in [0.15, 0.2) is 83.2 Å². The number of amides is 2. The minimum absolute atomic E-state index is 0.115. The highest BCUT2D eigenvalue weighted by Gasteiger charge is 2.15. The third kappa shape index (κ3) is 5.01. The molecule has 0 aliphatic heterocycles. The molecule has 4 rings (SSSR count). The van der Waals surface area contributed by atoms with Crippen molar-refractivity contribution in [1.82, 2.24) is 9.71 Å². The van der Waals surface area contributed by atoms with Gasteiger partial charge in [-0.1, -0.05) is 36.4 Å². The number of benzene rings is 3. The van der Waals surface area contributed by atoms with Crippen molar-refractivity contribution < 1.29 is 13.2 Å². The van der Waals surface area contributed by atoms with Crippen molar-refractivity contribution in [1.29, 1.82) is 5.26 Å². The number of hydrogen-bond acceptors (Lipinski definition) is 7. The van der Waals surface area contributed by atoms with Crippen LogP contribution in [0.25, 0.3) is 27.6 Å². The second kappa shape index (κ2) is 9.12. The Morgan fingerprint density at radius 2 is 1.79 bits per heavy atom. The molecule has 0 unspecified atom stereocenters. The molecule has 0 atom stereocenters. The van der Waals surface area contributed by atoms with Crippen LogP contribution < -0.4 is 15.8 Å². The first-order valence-electron chi connectivity index (χ1n) is 9.60. The summed E-state index contributed by atoms with van der Waals surface area (Å²) in [5, 5.41) is 17.3.